The topological polar surface area (TPSA) is 45.2 Å². The number of pyridine rings is 1. The van der Waals surface area contributed by atoms with Crippen molar-refractivity contribution in [2.75, 3.05) is 30.7 Å². The van der Waals surface area contributed by atoms with Gasteiger partial charge in [0.05, 0.1) is 0 Å². The lowest BCUT2D eigenvalue weighted by Crippen LogP contribution is -2.41. The van der Waals surface area contributed by atoms with E-state index in [9.17, 15) is 4.79 Å². The molecule has 0 saturated carbocycles. The Morgan fingerprint density at radius 1 is 1.50 bits per heavy atom. The van der Waals surface area contributed by atoms with E-state index in [-0.39, 0.29) is 5.91 Å². The molecule has 0 spiro atoms. The van der Waals surface area contributed by atoms with Crippen LogP contribution in [0.25, 0.3) is 0 Å². The van der Waals surface area contributed by atoms with E-state index in [1.165, 1.54) is 0 Å². The zero-order valence-corrected chi connectivity index (χ0v) is 13.3. The highest BCUT2D eigenvalue weighted by molar-refractivity contribution is 7.99. The van der Waals surface area contributed by atoms with Crippen LogP contribution in [-0.2, 0) is 6.42 Å². The molecule has 2 rings (SSSR count). The summed E-state index contributed by atoms with van der Waals surface area (Å²) in [6, 6.07) is 3.80. The van der Waals surface area contributed by atoms with Crippen LogP contribution in [0.5, 0.6) is 0 Å². The van der Waals surface area contributed by atoms with Crippen molar-refractivity contribution in [2.45, 2.75) is 32.4 Å². The Balaban J connectivity index is 2.21. The fourth-order valence-corrected chi connectivity index (χ4v) is 3.36. The minimum atomic E-state index is 0.133. The number of hydrogen-bond acceptors (Lipinski definition) is 4. The van der Waals surface area contributed by atoms with Crippen LogP contribution in [0.1, 0.15) is 36.8 Å². The van der Waals surface area contributed by atoms with E-state index >= 15 is 0 Å². The second kappa shape index (κ2) is 6.97. The molecule has 1 aromatic rings. The first-order valence-corrected chi connectivity index (χ1v) is 8.34. The van der Waals surface area contributed by atoms with Crippen molar-refractivity contribution in [3.63, 3.8) is 0 Å². The third kappa shape index (κ3) is 3.66. The molecule has 1 fully saturated rings. The molecule has 110 valence electrons. The molecule has 0 aromatic carbocycles. The van der Waals surface area contributed by atoms with Crippen LogP contribution in [-0.4, -0.2) is 46.4 Å². The standard InChI is InChI=1S/C15H23N3OS/c1-4-13-8-12(9-14(17-13)16-5-2)15(19)18-6-7-20-11(3)10-18/h8-9,11H,4-7,10H2,1-3H3,(H,16,17). The lowest BCUT2D eigenvalue weighted by atomic mass is 10.1. The molecule has 1 unspecified atom stereocenters. The Bertz CT molecular complexity index is 478. The van der Waals surface area contributed by atoms with Crippen molar-refractivity contribution < 1.29 is 4.79 Å². The van der Waals surface area contributed by atoms with Crippen molar-refractivity contribution in [3.8, 4) is 0 Å². The minimum Gasteiger partial charge on any atom is -0.370 e. The largest absolute Gasteiger partial charge is 0.370 e. The Morgan fingerprint density at radius 2 is 2.30 bits per heavy atom. The molecule has 1 aromatic heterocycles. The zero-order valence-electron chi connectivity index (χ0n) is 12.5. The molecule has 5 heteroatoms. The van der Waals surface area contributed by atoms with Crippen LogP contribution in [0.4, 0.5) is 5.82 Å². The number of anilines is 1. The molecular weight excluding hydrogens is 270 g/mol. The first kappa shape index (κ1) is 15.2. The van der Waals surface area contributed by atoms with E-state index in [4.69, 9.17) is 0 Å². The van der Waals surface area contributed by atoms with Crippen LogP contribution in [0.2, 0.25) is 0 Å². The van der Waals surface area contributed by atoms with Crippen LogP contribution >= 0.6 is 11.8 Å². The first-order chi connectivity index (χ1) is 9.63. The zero-order chi connectivity index (χ0) is 14.5. The average molecular weight is 293 g/mol. The van der Waals surface area contributed by atoms with Gasteiger partial charge in [0, 0.05) is 41.9 Å². The first-order valence-electron chi connectivity index (χ1n) is 7.29. The van der Waals surface area contributed by atoms with Gasteiger partial charge in [-0.25, -0.2) is 4.98 Å². The summed E-state index contributed by atoms with van der Waals surface area (Å²) >= 11 is 1.93. The summed E-state index contributed by atoms with van der Waals surface area (Å²) in [5.74, 6) is 1.96. The number of rotatable bonds is 4. The highest BCUT2D eigenvalue weighted by Crippen LogP contribution is 2.21. The van der Waals surface area contributed by atoms with E-state index in [1.807, 2.05) is 35.7 Å². The summed E-state index contributed by atoms with van der Waals surface area (Å²) in [6.45, 7) is 8.76. The number of aromatic nitrogens is 1. The maximum absolute atomic E-state index is 12.6. The molecule has 2 heterocycles. The second-order valence-corrected chi connectivity index (χ2v) is 6.60. The van der Waals surface area contributed by atoms with Gasteiger partial charge in [-0.15, -0.1) is 0 Å². The monoisotopic (exact) mass is 293 g/mol. The molecule has 1 atom stereocenters. The van der Waals surface area contributed by atoms with Crippen LogP contribution in [0.15, 0.2) is 12.1 Å². The number of nitrogens with one attached hydrogen (secondary N) is 1. The summed E-state index contributed by atoms with van der Waals surface area (Å²) in [4.78, 5) is 19.1. The van der Waals surface area contributed by atoms with E-state index in [0.29, 0.717) is 5.25 Å². The number of carbonyl (C=O) groups excluding carboxylic acids is 1. The number of nitrogens with zero attached hydrogens (tertiary/aromatic N) is 2. The van der Waals surface area contributed by atoms with Gasteiger partial charge in [-0.2, -0.15) is 11.8 Å². The predicted molar refractivity (Wildman–Crippen MR) is 85.6 cm³/mol. The van der Waals surface area contributed by atoms with Gasteiger partial charge in [-0.05, 0) is 25.5 Å². The summed E-state index contributed by atoms with van der Waals surface area (Å²) in [6.07, 6.45) is 0.839. The van der Waals surface area contributed by atoms with Gasteiger partial charge < -0.3 is 10.2 Å². The molecule has 1 N–H and O–H groups in total. The SMILES string of the molecule is CCNc1cc(C(=O)N2CCSC(C)C2)cc(CC)n1. The highest BCUT2D eigenvalue weighted by atomic mass is 32.2. The van der Waals surface area contributed by atoms with Crippen molar-refractivity contribution in [2.24, 2.45) is 0 Å². The third-order valence-electron chi connectivity index (χ3n) is 3.37. The molecule has 20 heavy (non-hydrogen) atoms. The number of thioether (sulfide) groups is 1. The number of carbonyl (C=O) groups is 1. The third-order valence-corrected chi connectivity index (χ3v) is 4.51. The minimum absolute atomic E-state index is 0.133. The number of aryl methyl sites for hydroxylation is 1. The Labute approximate surface area is 125 Å². The van der Waals surface area contributed by atoms with E-state index in [1.54, 1.807) is 0 Å². The summed E-state index contributed by atoms with van der Waals surface area (Å²) in [5, 5.41) is 3.72. The number of hydrogen-bond donors (Lipinski definition) is 1. The van der Waals surface area contributed by atoms with Crippen molar-refractivity contribution in [1.82, 2.24) is 9.88 Å². The maximum Gasteiger partial charge on any atom is 0.254 e. The molecule has 0 radical (unpaired) electrons. The predicted octanol–water partition coefficient (Wildman–Crippen LogP) is 2.65. The summed E-state index contributed by atoms with van der Waals surface area (Å²) in [5.41, 5.74) is 1.72. The maximum atomic E-state index is 12.6. The second-order valence-electron chi connectivity index (χ2n) is 5.05. The van der Waals surface area contributed by atoms with Crippen molar-refractivity contribution in [1.29, 1.82) is 0 Å². The summed E-state index contributed by atoms with van der Waals surface area (Å²) < 4.78 is 0. The van der Waals surface area contributed by atoms with Crippen molar-refractivity contribution >= 4 is 23.5 Å². The van der Waals surface area contributed by atoms with Gasteiger partial charge in [0.15, 0.2) is 0 Å². The van der Waals surface area contributed by atoms with Gasteiger partial charge in [0.2, 0.25) is 0 Å². The fraction of sp³-hybridized carbons (Fsp3) is 0.600. The molecule has 1 saturated heterocycles. The van der Waals surface area contributed by atoms with Crippen LogP contribution in [0, 0.1) is 0 Å². The quantitative estimate of drug-likeness (QED) is 0.927. The van der Waals surface area contributed by atoms with Gasteiger partial charge in [-0.3, -0.25) is 4.79 Å². The van der Waals surface area contributed by atoms with E-state index in [0.717, 1.165) is 48.9 Å². The Morgan fingerprint density at radius 3 is 2.95 bits per heavy atom. The van der Waals surface area contributed by atoms with Crippen LogP contribution < -0.4 is 5.32 Å². The van der Waals surface area contributed by atoms with Gasteiger partial charge in [0.25, 0.3) is 5.91 Å². The molecule has 0 aliphatic carbocycles. The van der Waals surface area contributed by atoms with Crippen molar-refractivity contribution in [3.05, 3.63) is 23.4 Å². The number of amides is 1. The van der Waals surface area contributed by atoms with Crippen LogP contribution in [0.3, 0.4) is 0 Å². The highest BCUT2D eigenvalue weighted by Gasteiger charge is 2.23. The fourth-order valence-electron chi connectivity index (χ4n) is 2.35. The summed E-state index contributed by atoms with van der Waals surface area (Å²) in [7, 11) is 0. The van der Waals surface area contributed by atoms with E-state index in [2.05, 4.69) is 24.1 Å². The smallest absolute Gasteiger partial charge is 0.254 e. The lowest BCUT2D eigenvalue weighted by Gasteiger charge is -2.30. The average Bonchev–Trinajstić information content (AvgIpc) is 2.46. The molecule has 1 aliphatic rings. The molecule has 0 bridgehead atoms. The van der Waals surface area contributed by atoms with Gasteiger partial charge in [0.1, 0.15) is 5.82 Å². The normalized spacial score (nSPS) is 18.9. The lowest BCUT2D eigenvalue weighted by molar-refractivity contribution is 0.0763. The molecule has 1 amide bonds. The van der Waals surface area contributed by atoms with E-state index < -0.39 is 0 Å². The van der Waals surface area contributed by atoms with Gasteiger partial charge >= 0.3 is 0 Å². The van der Waals surface area contributed by atoms with Gasteiger partial charge in [-0.1, -0.05) is 13.8 Å². The molecule has 1 aliphatic heterocycles. The Kier molecular flexibility index (Phi) is 5.29. The molecule has 4 nitrogen and oxygen atoms in total. The Hall–Kier alpha value is -1.23. The molecular formula is C15H23N3OS.